The third kappa shape index (κ3) is 5.99. The number of ether oxygens (including phenoxy) is 2. The molecule has 1 aliphatic heterocycles. The lowest BCUT2D eigenvalue weighted by Gasteiger charge is -2.30. The smallest absolute Gasteiger partial charge is 0.256 e. The van der Waals surface area contributed by atoms with Crippen molar-refractivity contribution >= 4 is 11.6 Å². The molecule has 1 aliphatic rings. The van der Waals surface area contributed by atoms with Gasteiger partial charge >= 0.3 is 0 Å². The Morgan fingerprint density at radius 1 is 1.27 bits per heavy atom. The summed E-state index contributed by atoms with van der Waals surface area (Å²) in [5, 5.41) is 2.90. The Labute approximate surface area is 158 Å². The zero-order valence-electron chi connectivity index (χ0n) is 16.7. The molecule has 1 heterocycles. The maximum Gasteiger partial charge on any atom is 0.256 e. The van der Waals surface area contributed by atoms with Crippen LogP contribution in [0, 0.1) is 5.92 Å². The lowest BCUT2D eigenvalue weighted by molar-refractivity contribution is -0.136. The molecule has 1 aromatic rings. The average Bonchev–Trinajstić information content (AvgIpc) is 2.67. The first-order valence-electron chi connectivity index (χ1n) is 9.78. The first-order chi connectivity index (χ1) is 12.5. The molecule has 1 atom stereocenters. The van der Waals surface area contributed by atoms with Gasteiger partial charge in [-0.3, -0.25) is 4.79 Å². The van der Waals surface area contributed by atoms with Crippen LogP contribution in [-0.4, -0.2) is 49.8 Å². The van der Waals surface area contributed by atoms with Crippen LogP contribution >= 0.6 is 0 Å². The van der Waals surface area contributed by atoms with Gasteiger partial charge in [0.25, 0.3) is 5.91 Å². The Hall–Kier alpha value is -1.59. The van der Waals surface area contributed by atoms with Gasteiger partial charge in [-0.25, -0.2) is 0 Å². The molecule has 1 fully saturated rings. The van der Waals surface area contributed by atoms with Gasteiger partial charge in [-0.05, 0) is 75.9 Å². The molecule has 0 saturated carbocycles. The number of benzene rings is 1. The lowest BCUT2D eigenvalue weighted by atomic mass is 9.99. The molecular weight excluding hydrogens is 328 g/mol. The minimum Gasteiger partial charge on any atom is -0.494 e. The first-order valence-corrected chi connectivity index (χ1v) is 9.78. The summed E-state index contributed by atoms with van der Waals surface area (Å²) in [7, 11) is 1.56. The number of anilines is 1. The van der Waals surface area contributed by atoms with Crippen molar-refractivity contribution in [2.75, 3.05) is 38.7 Å². The second kappa shape index (κ2) is 9.93. The van der Waals surface area contributed by atoms with E-state index >= 15 is 0 Å². The number of hydrogen-bond donors (Lipinski definition) is 1. The number of likely N-dealkylation sites (tertiary alicyclic amines) is 1. The molecule has 0 bridgehead atoms. The van der Waals surface area contributed by atoms with Gasteiger partial charge in [0, 0.05) is 19.3 Å². The van der Waals surface area contributed by atoms with Crippen molar-refractivity contribution in [3.05, 3.63) is 24.3 Å². The number of piperidine rings is 1. The van der Waals surface area contributed by atoms with Crippen molar-refractivity contribution in [1.29, 1.82) is 0 Å². The first kappa shape index (κ1) is 20.7. The number of methoxy groups -OCH3 is 1. The fourth-order valence-corrected chi connectivity index (χ4v) is 3.06. The summed E-state index contributed by atoms with van der Waals surface area (Å²) in [6, 6.07) is 7.53. The van der Waals surface area contributed by atoms with Gasteiger partial charge in [0.15, 0.2) is 0 Å². The van der Waals surface area contributed by atoms with E-state index in [1.54, 1.807) is 14.0 Å². The van der Waals surface area contributed by atoms with Crippen LogP contribution in [0.3, 0.4) is 0 Å². The molecule has 1 N–H and O–H groups in total. The predicted octanol–water partition coefficient (Wildman–Crippen LogP) is 3.94. The number of hydrogen-bond acceptors (Lipinski definition) is 4. The normalized spacial score (nSPS) is 18.3. The summed E-state index contributed by atoms with van der Waals surface area (Å²) < 4.78 is 11.1. The minimum atomic E-state index is -0.804. The molecule has 5 nitrogen and oxygen atoms in total. The van der Waals surface area contributed by atoms with Gasteiger partial charge in [0.1, 0.15) is 11.4 Å². The van der Waals surface area contributed by atoms with E-state index in [9.17, 15) is 4.79 Å². The Kier molecular flexibility index (Phi) is 7.91. The maximum absolute atomic E-state index is 12.3. The highest BCUT2D eigenvalue weighted by Crippen LogP contribution is 2.20. The van der Waals surface area contributed by atoms with Crippen LogP contribution in [0.5, 0.6) is 5.75 Å². The van der Waals surface area contributed by atoms with Crippen molar-refractivity contribution < 1.29 is 14.3 Å². The molecule has 0 radical (unpaired) electrons. The van der Waals surface area contributed by atoms with E-state index in [0.717, 1.165) is 36.9 Å². The standard InChI is InChI=1S/C21H34N2O3/c1-5-21(3,25-4)20(24)22-18-7-9-19(10-8-18)26-16-6-13-23-14-11-17(2)12-15-23/h7-10,17H,5-6,11-16H2,1-4H3,(H,22,24). The van der Waals surface area contributed by atoms with E-state index in [1.165, 1.54) is 25.9 Å². The third-order valence-corrected chi connectivity index (χ3v) is 5.48. The Bertz CT molecular complexity index is 547. The lowest BCUT2D eigenvalue weighted by Crippen LogP contribution is -2.41. The minimum absolute atomic E-state index is 0.132. The number of carbonyl (C=O) groups excluding carboxylic acids is 1. The topological polar surface area (TPSA) is 50.8 Å². The molecule has 26 heavy (non-hydrogen) atoms. The molecular formula is C21H34N2O3. The largest absolute Gasteiger partial charge is 0.494 e. The molecule has 0 aliphatic carbocycles. The second-order valence-electron chi connectivity index (χ2n) is 7.49. The van der Waals surface area contributed by atoms with E-state index in [-0.39, 0.29) is 5.91 Å². The van der Waals surface area contributed by atoms with Gasteiger partial charge in [-0.1, -0.05) is 13.8 Å². The average molecular weight is 363 g/mol. The second-order valence-corrected chi connectivity index (χ2v) is 7.49. The molecule has 1 aromatic carbocycles. The van der Waals surface area contributed by atoms with E-state index in [1.807, 2.05) is 31.2 Å². The van der Waals surface area contributed by atoms with Crippen LogP contribution in [0.15, 0.2) is 24.3 Å². The molecule has 0 aromatic heterocycles. The van der Waals surface area contributed by atoms with Crippen LogP contribution in [0.4, 0.5) is 5.69 Å². The van der Waals surface area contributed by atoms with E-state index in [4.69, 9.17) is 9.47 Å². The highest BCUT2D eigenvalue weighted by atomic mass is 16.5. The molecule has 0 spiro atoms. The van der Waals surface area contributed by atoms with Gasteiger partial charge in [0.05, 0.1) is 6.61 Å². The third-order valence-electron chi connectivity index (χ3n) is 5.48. The van der Waals surface area contributed by atoms with E-state index in [0.29, 0.717) is 6.42 Å². The highest BCUT2D eigenvalue weighted by molar-refractivity contribution is 5.97. The fourth-order valence-electron chi connectivity index (χ4n) is 3.06. The van der Waals surface area contributed by atoms with Gasteiger partial charge in [-0.2, -0.15) is 0 Å². The quantitative estimate of drug-likeness (QED) is 0.676. The maximum atomic E-state index is 12.3. The number of carbonyl (C=O) groups is 1. The zero-order chi connectivity index (χ0) is 19.0. The molecule has 146 valence electrons. The molecule has 2 rings (SSSR count). The van der Waals surface area contributed by atoms with Crippen molar-refractivity contribution in [1.82, 2.24) is 4.90 Å². The van der Waals surface area contributed by atoms with Gasteiger partial charge in [-0.15, -0.1) is 0 Å². The van der Waals surface area contributed by atoms with Crippen LogP contribution in [-0.2, 0) is 9.53 Å². The van der Waals surface area contributed by atoms with Crippen molar-refractivity contribution in [2.24, 2.45) is 5.92 Å². The van der Waals surface area contributed by atoms with Crippen LogP contribution in [0.1, 0.15) is 46.5 Å². The molecule has 1 amide bonds. The summed E-state index contributed by atoms with van der Waals surface area (Å²) in [5.41, 5.74) is -0.0528. The Morgan fingerprint density at radius 3 is 2.50 bits per heavy atom. The SMILES string of the molecule is CCC(C)(OC)C(=O)Nc1ccc(OCCCN2CCC(C)CC2)cc1. The van der Waals surface area contributed by atoms with Crippen molar-refractivity contribution in [3.8, 4) is 5.75 Å². The van der Waals surface area contributed by atoms with Crippen molar-refractivity contribution in [3.63, 3.8) is 0 Å². The summed E-state index contributed by atoms with van der Waals surface area (Å²) in [6.45, 7) is 10.3. The Balaban J connectivity index is 1.71. The zero-order valence-corrected chi connectivity index (χ0v) is 16.7. The summed E-state index contributed by atoms with van der Waals surface area (Å²) in [5.74, 6) is 1.58. The number of rotatable bonds is 9. The Morgan fingerprint density at radius 2 is 1.92 bits per heavy atom. The summed E-state index contributed by atoms with van der Waals surface area (Å²) in [6.07, 6.45) is 4.28. The van der Waals surface area contributed by atoms with Crippen LogP contribution in [0.2, 0.25) is 0 Å². The number of amides is 1. The van der Waals surface area contributed by atoms with Crippen LogP contribution in [0.25, 0.3) is 0 Å². The monoisotopic (exact) mass is 362 g/mol. The van der Waals surface area contributed by atoms with E-state index < -0.39 is 5.60 Å². The summed E-state index contributed by atoms with van der Waals surface area (Å²) >= 11 is 0. The number of nitrogens with zero attached hydrogens (tertiary/aromatic N) is 1. The fraction of sp³-hybridized carbons (Fsp3) is 0.667. The predicted molar refractivity (Wildman–Crippen MR) is 106 cm³/mol. The van der Waals surface area contributed by atoms with Gasteiger partial charge in [0.2, 0.25) is 0 Å². The van der Waals surface area contributed by atoms with Crippen molar-refractivity contribution in [2.45, 2.75) is 52.1 Å². The highest BCUT2D eigenvalue weighted by Gasteiger charge is 2.30. The molecule has 5 heteroatoms. The number of nitrogens with one attached hydrogen (secondary N) is 1. The molecule has 1 saturated heterocycles. The van der Waals surface area contributed by atoms with E-state index in [2.05, 4.69) is 17.1 Å². The van der Waals surface area contributed by atoms with Gasteiger partial charge < -0.3 is 19.7 Å². The summed E-state index contributed by atoms with van der Waals surface area (Å²) in [4.78, 5) is 14.8. The molecule has 1 unspecified atom stereocenters. The van der Waals surface area contributed by atoms with Crippen LogP contribution < -0.4 is 10.1 Å².